The average Bonchev–Trinajstić information content (AvgIpc) is 2.13. The van der Waals surface area contributed by atoms with E-state index in [0.29, 0.717) is 5.92 Å². The molecule has 0 radical (unpaired) electrons. The Morgan fingerprint density at radius 3 is 1.89 bits per heavy atom. The number of hydrogen-bond acceptors (Lipinski definition) is 2. The van der Waals surface area contributed by atoms with Crippen molar-refractivity contribution < 1.29 is 15.1 Å². The number of nitrogens with one attached hydrogen (secondary N) is 1. The van der Waals surface area contributed by atoms with Crippen LogP contribution in [0.5, 0.6) is 0 Å². The first-order valence-corrected chi connectivity index (χ1v) is 7.14. The summed E-state index contributed by atoms with van der Waals surface area (Å²) < 4.78 is 0. The van der Waals surface area contributed by atoms with Gasteiger partial charge in [-0.2, -0.15) is 0 Å². The van der Waals surface area contributed by atoms with Gasteiger partial charge in [-0.1, -0.05) is 18.6 Å². The van der Waals surface area contributed by atoms with Gasteiger partial charge >= 0.3 is 0 Å². The quantitative estimate of drug-likeness (QED) is 0.541. The molecular formula is C15H32NO2+. The standard InChI is InChI=1S/C15H31NO2/c1-12(2)7-6-8-13(3)9-16(10-14(4)17)11-15(5)18/h7,13-15,17-18H,6,8-11H2,1-5H3/p+1/t13-,14-,15+/m1/s1. The highest BCUT2D eigenvalue weighted by molar-refractivity contribution is 4.92. The molecule has 4 atom stereocenters. The Labute approximate surface area is 113 Å². The first-order chi connectivity index (χ1) is 8.31. The zero-order valence-electron chi connectivity index (χ0n) is 12.7. The van der Waals surface area contributed by atoms with Gasteiger partial charge in [0.2, 0.25) is 0 Å². The third-order valence-electron chi connectivity index (χ3n) is 3.02. The molecule has 0 spiro atoms. The Hall–Kier alpha value is -0.380. The largest absolute Gasteiger partial charge is 0.388 e. The lowest BCUT2D eigenvalue weighted by atomic mass is 10.0. The van der Waals surface area contributed by atoms with E-state index in [1.54, 1.807) is 0 Å². The second-order valence-corrected chi connectivity index (χ2v) is 6.02. The van der Waals surface area contributed by atoms with Gasteiger partial charge < -0.3 is 15.1 Å². The van der Waals surface area contributed by atoms with Crippen molar-refractivity contribution in [2.75, 3.05) is 19.6 Å². The Bertz CT molecular complexity index is 223. The van der Waals surface area contributed by atoms with Crippen LogP contribution in [0.15, 0.2) is 11.6 Å². The van der Waals surface area contributed by atoms with Crippen molar-refractivity contribution in [3.05, 3.63) is 11.6 Å². The highest BCUT2D eigenvalue weighted by Gasteiger charge is 2.17. The molecule has 1 unspecified atom stereocenters. The van der Waals surface area contributed by atoms with Gasteiger partial charge in [0.1, 0.15) is 25.3 Å². The third kappa shape index (κ3) is 10.8. The van der Waals surface area contributed by atoms with Crippen LogP contribution in [0, 0.1) is 5.92 Å². The van der Waals surface area contributed by atoms with Gasteiger partial charge in [0.25, 0.3) is 0 Å². The Morgan fingerprint density at radius 1 is 1.00 bits per heavy atom. The minimum Gasteiger partial charge on any atom is -0.388 e. The topological polar surface area (TPSA) is 44.9 Å². The molecule has 0 saturated heterocycles. The molecule has 0 heterocycles. The molecule has 3 heteroatoms. The van der Waals surface area contributed by atoms with Gasteiger partial charge in [-0.25, -0.2) is 0 Å². The molecule has 3 nitrogen and oxygen atoms in total. The van der Waals surface area contributed by atoms with Gasteiger partial charge in [-0.3, -0.25) is 0 Å². The van der Waals surface area contributed by atoms with E-state index in [0.717, 1.165) is 26.1 Å². The van der Waals surface area contributed by atoms with Crippen molar-refractivity contribution in [3.8, 4) is 0 Å². The van der Waals surface area contributed by atoms with Crippen LogP contribution < -0.4 is 4.90 Å². The maximum absolute atomic E-state index is 9.49. The molecule has 0 aromatic rings. The third-order valence-corrected chi connectivity index (χ3v) is 3.02. The average molecular weight is 258 g/mol. The zero-order chi connectivity index (χ0) is 14.1. The maximum atomic E-state index is 9.49. The van der Waals surface area contributed by atoms with E-state index in [-0.39, 0.29) is 12.2 Å². The van der Waals surface area contributed by atoms with Crippen LogP contribution >= 0.6 is 0 Å². The summed E-state index contributed by atoms with van der Waals surface area (Å²) in [6.45, 7) is 12.6. The van der Waals surface area contributed by atoms with Crippen molar-refractivity contribution in [1.29, 1.82) is 0 Å². The van der Waals surface area contributed by atoms with E-state index in [9.17, 15) is 10.2 Å². The van der Waals surface area contributed by atoms with Gasteiger partial charge in [0, 0.05) is 5.92 Å². The van der Waals surface area contributed by atoms with Crippen LogP contribution in [-0.2, 0) is 0 Å². The van der Waals surface area contributed by atoms with E-state index in [1.807, 2.05) is 13.8 Å². The van der Waals surface area contributed by atoms with Crippen molar-refractivity contribution >= 4 is 0 Å². The summed E-state index contributed by atoms with van der Waals surface area (Å²) >= 11 is 0. The first-order valence-electron chi connectivity index (χ1n) is 7.14. The smallest absolute Gasteiger partial charge is 0.103 e. The molecule has 0 aliphatic carbocycles. The summed E-state index contributed by atoms with van der Waals surface area (Å²) in [6.07, 6.45) is 3.97. The number of quaternary nitrogens is 1. The fraction of sp³-hybridized carbons (Fsp3) is 0.867. The van der Waals surface area contributed by atoms with Gasteiger partial charge in [-0.05, 0) is 40.5 Å². The van der Waals surface area contributed by atoms with E-state index in [4.69, 9.17) is 0 Å². The molecule has 0 saturated carbocycles. The summed E-state index contributed by atoms with van der Waals surface area (Å²) in [5, 5.41) is 19.0. The Balaban J connectivity index is 4.08. The molecule has 0 amide bonds. The number of rotatable bonds is 9. The van der Waals surface area contributed by atoms with Crippen molar-refractivity contribution in [2.24, 2.45) is 5.92 Å². The van der Waals surface area contributed by atoms with Crippen LogP contribution in [0.3, 0.4) is 0 Å². The summed E-state index contributed by atoms with van der Waals surface area (Å²) in [6, 6.07) is 0. The Kier molecular flexibility index (Phi) is 9.34. The van der Waals surface area contributed by atoms with E-state index in [1.165, 1.54) is 16.9 Å². The molecule has 0 aliphatic rings. The zero-order valence-corrected chi connectivity index (χ0v) is 12.7. The summed E-state index contributed by atoms with van der Waals surface area (Å²) in [5.41, 5.74) is 1.37. The number of aliphatic hydroxyl groups excluding tert-OH is 2. The first kappa shape index (κ1) is 17.6. The fourth-order valence-corrected chi connectivity index (χ4v) is 2.34. The lowest BCUT2D eigenvalue weighted by Crippen LogP contribution is -3.14. The van der Waals surface area contributed by atoms with Crippen molar-refractivity contribution in [3.63, 3.8) is 0 Å². The molecule has 0 fully saturated rings. The van der Waals surface area contributed by atoms with Crippen molar-refractivity contribution in [1.82, 2.24) is 0 Å². The number of hydrogen-bond donors (Lipinski definition) is 3. The van der Waals surface area contributed by atoms with E-state index >= 15 is 0 Å². The highest BCUT2D eigenvalue weighted by Crippen LogP contribution is 2.05. The maximum Gasteiger partial charge on any atom is 0.103 e. The van der Waals surface area contributed by atoms with Crippen molar-refractivity contribution in [2.45, 2.75) is 59.7 Å². The van der Waals surface area contributed by atoms with Gasteiger partial charge in [0.05, 0.1) is 6.54 Å². The van der Waals surface area contributed by atoms with E-state index in [2.05, 4.69) is 26.8 Å². The molecule has 0 aromatic carbocycles. The molecule has 0 rings (SSSR count). The Morgan fingerprint density at radius 2 is 1.50 bits per heavy atom. The molecule has 18 heavy (non-hydrogen) atoms. The molecule has 3 N–H and O–H groups in total. The molecule has 0 aliphatic heterocycles. The summed E-state index contributed by atoms with van der Waals surface area (Å²) in [7, 11) is 0. The predicted molar refractivity (Wildman–Crippen MR) is 76.8 cm³/mol. The molecular weight excluding hydrogens is 226 g/mol. The van der Waals surface area contributed by atoms with Gasteiger partial charge in [-0.15, -0.1) is 0 Å². The second kappa shape index (κ2) is 9.54. The monoisotopic (exact) mass is 258 g/mol. The second-order valence-electron chi connectivity index (χ2n) is 6.02. The van der Waals surface area contributed by atoms with Crippen LogP contribution in [0.25, 0.3) is 0 Å². The van der Waals surface area contributed by atoms with Crippen LogP contribution in [-0.4, -0.2) is 42.1 Å². The molecule has 0 aromatic heterocycles. The normalized spacial score (nSPS) is 17.9. The minimum atomic E-state index is -0.302. The van der Waals surface area contributed by atoms with Crippen LogP contribution in [0.1, 0.15) is 47.5 Å². The number of aliphatic hydroxyl groups is 2. The summed E-state index contributed by atoms with van der Waals surface area (Å²) in [4.78, 5) is 1.30. The minimum absolute atomic E-state index is 0.302. The van der Waals surface area contributed by atoms with E-state index < -0.39 is 0 Å². The lowest BCUT2D eigenvalue weighted by molar-refractivity contribution is -0.909. The number of allylic oxidation sites excluding steroid dienone is 2. The predicted octanol–water partition coefficient (Wildman–Crippen LogP) is 1.02. The summed E-state index contributed by atoms with van der Waals surface area (Å²) in [5.74, 6) is 0.619. The fourth-order valence-electron chi connectivity index (χ4n) is 2.34. The lowest BCUT2D eigenvalue weighted by Gasteiger charge is -2.25. The molecule has 108 valence electrons. The molecule has 0 bridgehead atoms. The SMILES string of the molecule is CC(C)=CCC[C@@H](C)C[NH+](C[C@H](C)O)C[C@@H](C)O. The highest BCUT2D eigenvalue weighted by atomic mass is 16.3. The van der Waals surface area contributed by atoms with Crippen LogP contribution in [0.4, 0.5) is 0 Å². The van der Waals surface area contributed by atoms with Crippen LogP contribution in [0.2, 0.25) is 0 Å². The van der Waals surface area contributed by atoms with Gasteiger partial charge in [0.15, 0.2) is 0 Å².